The number of carbonyl (C=O) groups excluding carboxylic acids is 1. The molecule has 1 amide bonds. The Morgan fingerprint density at radius 2 is 1.95 bits per heavy atom. The van der Waals surface area contributed by atoms with E-state index < -0.39 is 5.60 Å². The second-order valence-corrected chi connectivity index (χ2v) is 12.2. The highest BCUT2D eigenvalue weighted by Crippen LogP contribution is 2.37. The average Bonchev–Trinajstić information content (AvgIpc) is 3.61. The van der Waals surface area contributed by atoms with Crippen LogP contribution in [0.15, 0.2) is 65.0 Å². The van der Waals surface area contributed by atoms with Crippen molar-refractivity contribution in [1.29, 1.82) is 0 Å². The number of carbonyl (C=O) groups is 1. The Morgan fingerprint density at radius 1 is 1.15 bits per heavy atom. The van der Waals surface area contributed by atoms with Crippen LogP contribution in [-0.2, 0) is 17.9 Å². The Balaban J connectivity index is 1.12. The molecule has 39 heavy (non-hydrogen) atoms. The van der Waals surface area contributed by atoms with E-state index in [0.29, 0.717) is 37.0 Å². The van der Waals surface area contributed by atoms with Crippen molar-refractivity contribution in [2.45, 2.75) is 50.8 Å². The summed E-state index contributed by atoms with van der Waals surface area (Å²) in [4.78, 5) is 39.9. The highest BCUT2D eigenvalue weighted by molar-refractivity contribution is 7.10. The maximum absolute atomic E-state index is 13.9. The first-order valence-corrected chi connectivity index (χ1v) is 14.6. The highest BCUT2D eigenvalue weighted by Gasteiger charge is 2.41. The van der Waals surface area contributed by atoms with Crippen molar-refractivity contribution >= 4 is 28.3 Å². The smallest absolute Gasteiger partial charge is 0.262 e. The second kappa shape index (κ2) is 10.7. The zero-order valence-corrected chi connectivity index (χ0v) is 23.1. The monoisotopic (exact) mass is 545 g/mol. The third-order valence-corrected chi connectivity index (χ3v) is 9.40. The molecule has 2 aliphatic heterocycles. The van der Waals surface area contributed by atoms with E-state index in [2.05, 4.69) is 56.6 Å². The Kier molecular flexibility index (Phi) is 7.14. The van der Waals surface area contributed by atoms with Crippen LogP contribution in [0.25, 0.3) is 11.0 Å². The van der Waals surface area contributed by atoms with Crippen molar-refractivity contribution in [3.05, 3.63) is 86.7 Å². The van der Waals surface area contributed by atoms with E-state index in [-0.39, 0.29) is 29.8 Å². The maximum atomic E-state index is 13.9. The lowest BCUT2D eigenvalue weighted by Gasteiger charge is -2.43. The molecule has 204 valence electrons. The number of amides is 1. The van der Waals surface area contributed by atoms with Crippen LogP contribution in [0.5, 0.6) is 0 Å². The minimum absolute atomic E-state index is 0.0621. The van der Waals surface area contributed by atoms with Crippen molar-refractivity contribution < 1.29 is 9.90 Å². The molecule has 0 aliphatic carbocycles. The van der Waals surface area contributed by atoms with Crippen molar-refractivity contribution in [3.63, 3.8) is 0 Å². The fourth-order valence-electron chi connectivity index (χ4n) is 6.23. The van der Waals surface area contributed by atoms with Crippen LogP contribution < -0.4 is 5.56 Å². The number of aromatic nitrogens is 3. The van der Waals surface area contributed by atoms with Gasteiger partial charge in [0.2, 0.25) is 5.91 Å². The molecule has 4 aromatic rings. The predicted octanol–water partition coefficient (Wildman–Crippen LogP) is 3.75. The summed E-state index contributed by atoms with van der Waals surface area (Å²) in [6.45, 7) is 5.69. The van der Waals surface area contributed by atoms with Crippen LogP contribution >= 0.6 is 11.3 Å². The van der Waals surface area contributed by atoms with Gasteiger partial charge in [0.05, 0.1) is 23.9 Å². The summed E-state index contributed by atoms with van der Waals surface area (Å²) in [5.74, 6) is 0.294. The van der Waals surface area contributed by atoms with Crippen LogP contribution in [-0.4, -0.2) is 67.1 Å². The number of benzene rings is 1. The summed E-state index contributed by atoms with van der Waals surface area (Å²) >= 11 is 1.73. The number of H-pyrrole nitrogens is 1. The number of nitrogens with one attached hydrogen (secondary N) is 1. The topological polar surface area (TPSA) is 94.5 Å². The molecule has 0 spiro atoms. The summed E-state index contributed by atoms with van der Waals surface area (Å²) in [5, 5.41) is 14.0. The molecule has 6 rings (SSSR count). The molecule has 3 aromatic heterocycles. The maximum Gasteiger partial charge on any atom is 0.262 e. The van der Waals surface area contributed by atoms with E-state index in [0.717, 1.165) is 31.7 Å². The van der Waals surface area contributed by atoms with Crippen molar-refractivity contribution in [2.75, 3.05) is 26.2 Å². The number of aromatic amines is 1. The fourth-order valence-corrected chi connectivity index (χ4v) is 7.12. The van der Waals surface area contributed by atoms with E-state index >= 15 is 0 Å². The lowest BCUT2D eigenvalue weighted by molar-refractivity contribution is -0.142. The van der Waals surface area contributed by atoms with E-state index in [1.165, 1.54) is 21.3 Å². The summed E-state index contributed by atoms with van der Waals surface area (Å²) in [6.07, 6.45) is 3.20. The number of fused-ring (bicyclic) bond motifs is 1. The van der Waals surface area contributed by atoms with E-state index in [1.54, 1.807) is 17.4 Å². The number of rotatable bonds is 6. The number of hydrogen-bond donors (Lipinski definition) is 2. The van der Waals surface area contributed by atoms with E-state index in [1.807, 2.05) is 17.9 Å². The normalized spacial score (nSPS) is 21.8. The Hall–Kier alpha value is -3.27. The van der Waals surface area contributed by atoms with Crippen LogP contribution in [0.4, 0.5) is 0 Å². The van der Waals surface area contributed by atoms with Gasteiger partial charge >= 0.3 is 0 Å². The highest BCUT2D eigenvalue weighted by atomic mass is 32.1. The quantitative estimate of drug-likeness (QED) is 0.385. The molecule has 2 N–H and O–H groups in total. The number of aliphatic hydroxyl groups is 1. The number of hydrogen-bond acceptors (Lipinski definition) is 6. The molecular weight excluding hydrogens is 510 g/mol. The van der Waals surface area contributed by atoms with Gasteiger partial charge in [0.15, 0.2) is 0 Å². The molecule has 9 heteroatoms. The van der Waals surface area contributed by atoms with Gasteiger partial charge in [-0.25, -0.2) is 4.98 Å². The van der Waals surface area contributed by atoms with Gasteiger partial charge in [-0.3, -0.25) is 19.1 Å². The first-order valence-electron chi connectivity index (χ1n) is 13.7. The van der Waals surface area contributed by atoms with Crippen molar-refractivity contribution in [3.8, 4) is 0 Å². The molecule has 0 saturated carbocycles. The third-order valence-electron chi connectivity index (χ3n) is 8.39. The van der Waals surface area contributed by atoms with Crippen LogP contribution in [0.1, 0.15) is 41.3 Å². The van der Waals surface area contributed by atoms with Crippen LogP contribution in [0, 0.1) is 12.8 Å². The first kappa shape index (κ1) is 26.0. The largest absolute Gasteiger partial charge is 0.388 e. The van der Waals surface area contributed by atoms with Gasteiger partial charge in [-0.15, -0.1) is 11.3 Å². The summed E-state index contributed by atoms with van der Waals surface area (Å²) in [6, 6.07) is 16.5. The Labute approximate surface area is 231 Å². The third kappa shape index (κ3) is 5.44. The molecule has 0 radical (unpaired) electrons. The zero-order chi connectivity index (χ0) is 27.0. The van der Waals surface area contributed by atoms with E-state index in [4.69, 9.17) is 0 Å². The molecule has 0 bridgehead atoms. The molecule has 0 unspecified atom stereocenters. The fraction of sp³-hybridized carbons (Fsp3) is 0.433. The molecule has 2 atom stereocenters. The lowest BCUT2D eigenvalue weighted by Crippen LogP contribution is -2.53. The lowest BCUT2D eigenvalue weighted by atomic mass is 9.82. The first-order chi connectivity index (χ1) is 18.9. The molecular formula is C30H35N5O3S. The van der Waals surface area contributed by atoms with Gasteiger partial charge in [-0.2, -0.15) is 0 Å². The van der Waals surface area contributed by atoms with Gasteiger partial charge in [0.25, 0.3) is 5.56 Å². The molecule has 8 nitrogen and oxygen atoms in total. The van der Waals surface area contributed by atoms with Gasteiger partial charge in [-0.05, 0) is 55.8 Å². The number of piperidine rings is 2. The van der Waals surface area contributed by atoms with Gasteiger partial charge < -0.3 is 15.0 Å². The van der Waals surface area contributed by atoms with Crippen molar-refractivity contribution in [2.24, 2.45) is 5.92 Å². The molecule has 2 aliphatic rings. The number of nitrogens with zero attached hydrogens (tertiary/aromatic N) is 4. The van der Waals surface area contributed by atoms with Crippen molar-refractivity contribution in [1.82, 2.24) is 24.3 Å². The van der Waals surface area contributed by atoms with E-state index in [9.17, 15) is 14.7 Å². The summed E-state index contributed by atoms with van der Waals surface area (Å²) < 4.78 is 1.50. The number of thiophene rings is 1. The van der Waals surface area contributed by atoms with Gasteiger partial charge in [0, 0.05) is 48.6 Å². The van der Waals surface area contributed by atoms with Crippen LogP contribution in [0.2, 0.25) is 0 Å². The number of aryl methyl sites for hydroxylation is 1. The van der Waals surface area contributed by atoms with Crippen LogP contribution in [0.3, 0.4) is 0 Å². The second-order valence-electron chi connectivity index (χ2n) is 11.2. The Bertz CT molecular complexity index is 1490. The average molecular weight is 546 g/mol. The molecule has 2 fully saturated rings. The number of likely N-dealkylation sites (tertiary alicyclic amines) is 2. The SMILES string of the molecule is Cc1cc2c(=O)n(CC3(O)CCN(C(=O)[C@H]4CCN(Cc5ccccc5)C[C@@H]4c4cccs4)CC3)cnc2[nH]1. The Morgan fingerprint density at radius 3 is 2.69 bits per heavy atom. The summed E-state index contributed by atoms with van der Waals surface area (Å²) in [7, 11) is 0. The molecule has 2 saturated heterocycles. The molecule has 1 aromatic carbocycles. The minimum Gasteiger partial charge on any atom is -0.388 e. The predicted molar refractivity (Wildman–Crippen MR) is 153 cm³/mol. The molecule has 5 heterocycles. The van der Waals surface area contributed by atoms with Gasteiger partial charge in [0.1, 0.15) is 5.65 Å². The standard InChI is InChI=1S/C30H35N5O3S/c1-21-16-24-27(32-21)31-20-35(29(24)37)19-30(38)10-13-34(14-11-30)28(36)23-9-12-33(17-22-6-3-2-4-7-22)18-25(23)26-8-5-15-39-26/h2-8,15-16,20,23,25,32,38H,9-14,17-19H2,1H3/t23-,25-/m0/s1. The minimum atomic E-state index is -1.05. The van der Waals surface area contributed by atoms with Gasteiger partial charge in [-0.1, -0.05) is 36.4 Å². The zero-order valence-electron chi connectivity index (χ0n) is 22.3. The summed E-state index contributed by atoms with van der Waals surface area (Å²) in [5.41, 5.74) is 1.54.